The van der Waals surface area contributed by atoms with Gasteiger partial charge in [-0.3, -0.25) is 4.79 Å². The van der Waals surface area contributed by atoms with Crippen LogP contribution in [0.2, 0.25) is 0 Å². The zero-order valence-electron chi connectivity index (χ0n) is 15.9. The van der Waals surface area contributed by atoms with Crippen molar-refractivity contribution in [3.63, 3.8) is 0 Å². The van der Waals surface area contributed by atoms with E-state index in [1.165, 1.54) is 17.4 Å². The fraction of sp³-hybridized carbons (Fsp3) is 0.136. The predicted octanol–water partition coefficient (Wildman–Crippen LogP) is 4.72. The van der Waals surface area contributed by atoms with Gasteiger partial charge in [0.1, 0.15) is 10.6 Å². The highest BCUT2D eigenvalue weighted by Gasteiger charge is 2.20. The maximum Gasteiger partial charge on any atom is 0.350 e. The molecular formula is C22H18N2O4S. The second-order valence-electron chi connectivity index (χ2n) is 5.95. The number of rotatable bonds is 6. The number of nitrogens with one attached hydrogen (secondary N) is 1. The zero-order valence-corrected chi connectivity index (χ0v) is 16.7. The fourth-order valence-corrected chi connectivity index (χ4v) is 3.67. The molecule has 0 saturated carbocycles. The molecule has 3 aromatic rings. The van der Waals surface area contributed by atoms with E-state index < -0.39 is 11.9 Å². The number of ether oxygens (including phenoxy) is 2. The van der Waals surface area contributed by atoms with E-state index >= 15 is 0 Å². The van der Waals surface area contributed by atoms with Crippen LogP contribution in [0.15, 0.2) is 54.6 Å². The summed E-state index contributed by atoms with van der Waals surface area (Å²) in [5.41, 5.74) is 1.96. The standard InChI is InChI=1S/C22H18N2O4S/c1-3-28-22(26)20-18(24-21(25)16-6-4-5-14(11-16)13-23)12-19(29-20)15-7-9-17(27-2)10-8-15/h4-12H,3H2,1-2H3,(H,24,25). The molecule has 0 aliphatic rings. The second-order valence-corrected chi connectivity index (χ2v) is 7.00. The molecule has 1 heterocycles. The van der Waals surface area contributed by atoms with Crippen molar-refractivity contribution in [1.82, 2.24) is 0 Å². The van der Waals surface area contributed by atoms with Gasteiger partial charge < -0.3 is 14.8 Å². The summed E-state index contributed by atoms with van der Waals surface area (Å²) < 4.78 is 10.3. The number of thiophene rings is 1. The Hall–Kier alpha value is -3.63. The normalized spacial score (nSPS) is 10.1. The first-order valence-corrected chi connectivity index (χ1v) is 9.64. The van der Waals surface area contributed by atoms with Crippen LogP contribution in [0.25, 0.3) is 10.4 Å². The SMILES string of the molecule is CCOC(=O)c1sc(-c2ccc(OC)cc2)cc1NC(=O)c1cccc(C#N)c1. The molecule has 0 unspecified atom stereocenters. The van der Waals surface area contributed by atoms with Crippen molar-refractivity contribution in [2.24, 2.45) is 0 Å². The molecule has 3 rings (SSSR count). The molecule has 0 bridgehead atoms. The van der Waals surface area contributed by atoms with E-state index in [0.717, 1.165) is 16.2 Å². The van der Waals surface area contributed by atoms with Gasteiger partial charge in [-0.05, 0) is 61.0 Å². The second kappa shape index (κ2) is 9.04. The monoisotopic (exact) mass is 406 g/mol. The Bertz CT molecular complexity index is 1080. The van der Waals surface area contributed by atoms with Crippen molar-refractivity contribution < 1.29 is 19.1 Å². The maximum atomic E-state index is 12.7. The van der Waals surface area contributed by atoms with E-state index in [9.17, 15) is 9.59 Å². The molecule has 1 amide bonds. The summed E-state index contributed by atoms with van der Waals surface area (Å²) in [7, 11) is 1.59. The van der Waals surface area contributed by atoms with Crippen LogP contribution in [-0.2, 0) is 4.74 Å². The average Bonchev–Trinajstić information content (AvgIpc) is 3.17. The molecule has 0 fully saturated rings. The van der Waals surface area contributed by atoms with Crippen molar-refractivity contribution in [3.05, 3.63) is 70.6 Å². The van der Waals surface area contributed by atoms with Crippen LogP contribution in [0.4, 0.5) is 5.69 Å². The van der Waals surface area contributed by atoms with Crippen LogP contribution in [0, 0.1) is 11.3 Å². The van der Waals surface area contributed by atoms with Gasteiger partial charge in [0.05, 0.1) is 31.0 Å². The first kappa shape index (κ1) is 20.1. The lowest BCUT2D eigenvalue weighted by Crippen LogP contribution is -2.14. The number of hydrogen-bond acceptors (Lipinski definition) is 6. The lowest BCUT2D eigenvalue weighted by molar-refractivity contribution is 0.0533. The Labute approximate surface area is 172 Å². The molecule has 146 valence electrons. The summed E-state index contributed by atoms with van der Waals surface area (Å²) in [6.45, 7) is 1.95. The third kappa shape index (κ3) is 4.62. The number of nitrogens with zero attached hydrogens (tertiary/aromatic N) is 1. The minimum atomic E-state index is -0.502. The molecule has 0 atom stereocenters. The molecule has 1 aromatic heterocycles. The lowest BCUT2D eigenvalue weighted by Gasteiger charge is -2.06. The molecule has 6 nitrogen and oxygen atoms in total. The van der Waals surface area contributed by atoms with Gasteiger partial charge >= 0.3 is 5.97 Å². The van der Waals surface area contributed by atoms with Crippen LogP contribution >= 0.6 is 11.3 Å². The van der Waals surface area contributed by atoms with Crippen molar-refractivity contribution in [2.75, 3.05) is 19.0 Å². The van der Waals surface area contributed by atoms with Gasteiger partial charge in [-0.25, -0.2) is 4.79 Å². The number of anilines is 1. The van der Waals surface area contributed by atoms with Crippen LogP contribution < -0.4 is 10.1 Å². The van der Waals surface area contributed by atoms with Crippen molar-refractivity contribution in [1.29, 1.82) is 5.26 Å². The number of esters is 1. The molecule has 7 heteroatoms. The Morgan fingerprint density at radius 2 is 1.90 bits per heavy atom. The van der Waals surface area contributed by atoms with E-state index in [-0.39, 0.29) is 6.61 Å². The Kier molecular flexibility index (Phi) is 6.27. The fourth-order valence-electron chi connectivity index (χ4n) is 2.65. The summed E-state index contributed by atoms with van der Waals surface area (Å²) in [6, 6.07) is 17.5. The van der Waals surface area contributed by atoms with Crippen LogP contribution in [-0.4, -0.2) is 25.6 Å². The molecule has 0 radical (unpaired) electrons. The number of carbonyl (C=O) groups excluding carboxylic acids is 2. The third-order valence-electron chi connectivity index (χ3n) is 4.07. The van der Waals surface area contributed by atoms with Gasteiger partial charge in [-0.2, -0.15) is 5.26 Å². The summed E-state index contributed by atoms with van der Waals surface area (Å²) in [5, 5.41) is 11.8. The number of amides is 1. The Balaban J connectivity index is 1.94. The number of nitriles is 1. The van der Waals surface area contributed by atoms with Gasteiger partial charge in [-0.1, -0.05) is 6.07 Å². The van der Waals surface area contributed by atoms with Crippen LogP contribution in [0.5, 0.6) is 5.75 Å². The summed E-state index contributed by atoms with van der Waals surface area (Å²) in [5.74, 6) is -0.188. The minimum absolute atomic E-state index is 0.228. The molecule has 2 aromatic carbocycles. The van der Waals surface area contributed by atoms with Gasteiger partial charge in [-0.15, -0.1) is 11.3 Å². The summed E-state index contributed by atoms with van der Waals surface area (Å²) in [6.07, 6.45) is 0. The number of methoxy groups -OCH3 is 1. The van der Waals surface area contributed by atoms with Gasteiger partial charge in [0, 0.05) is 10.4 Å². The third-order valence-corrected chi connectivity index (χ3v) is 5.23. The molecule has 29 heavy (non-hydrogen) atoms. The average molecular weight is 406 g/mol. The van der Waals surface area contributed by atoms with E-state index in [2.05, 4.69) is 5.32 Å². The van der Waals surface area contributed by atoms with E-state index in [0.29, 0.717) is 21.7 Å². The highest BCUT2D eigenvalue weighted by Crippen LogP contribution is 2.36. The summed E-state index contributed by atoms with van der Waals surface area (Å²) >= 11 is 1.24. The molecule has 0 spiro atoms. The smallest absolute Gasteiger partial charge is 0.350 e. The van der Waals surface area contributed by atoms with E-state index in [1.807, 2.05) is 30.3 Å². The molecule has 0 saturated heterocycles. The number of carbonyl (C=O) groups is 2. The first-order valence-electron chi connectivity index (χ1n) is 8.82. The van der Waals surface area contributed by atoms with Crippen molar-refractivity contribution in [3.8, 4) is 22.3 Å². The topological polar surface area (TPSA) is 88.4 Å². The van der Waals surface area contributed by atoms with Crippen LogP contribution in [0.3, 0.4) is 0 Å². The lowest BCUT2D eigenvalue weighted by atomic mass is 10.1. The maximum absolute atomic E-state index is 12.7. The van der Waals surface area contributed by atoms with Gasteiger partial charge in [0.15, 0.2) is 0 Å². The van der Waals surface area contributed by atoms with Gasteiger partial charge in [0.2, 0.25) is 0 Å². The molecule has 0 aliphatic heterocycles. The quantitative estimate of drug-likeness (QED) is 0.598. The Morgan fingerprint density at radius 3 is 2.55 bits per heavy atom. The van der Waals surface area contributed by atoms with Gasteiger partial charge in [0.25, 0.3) is 5.91 Å². The minimum Gasteiger partial charge on any atom is -0.497 e. The molecule has 1 N–H and O–H groups in total. The largest absolute Gasteiger partial charge is 0.497 e. The molecule has 0 aliphatic carbocycles. The number of benzene rings is 2. The first-order chi connectivity index (χ1) is 14.0. The van der Waals surface area contributed by atoms with E-state index in [4.69, 9.17) is 14.7 Å². The van der Waals surface area contributed by atoms with Crippen LogP contribution in [0.1, 0.15) is 32.5 Å². The Morgan fingerprint density at radius 1 is 1.14 bits per heavy atom. The van der Waals surface area contributed by atoms with Crippen molar-refractivity contribution >= 4 is 28.9 Å². The predicted molar refractivity (Wildman–Crippen MR) is 111 cm³/mol. The molecular weight excluding hydrogens is 388 g/mol. The number of hydrogen-bond donors (Lipinski definition) is 1. The van der Waals surface area contributed by atoms with E-state index in [1.54, 1.807) is 38.3 Å². The zero-order chi connectivity index (χ0) is 20.8. The van der Waals surface area contributed by atoms with Crippen molar-refractivity contribution in [2.45, 2.75) is 6.92 Å². The highest BCUT2D eigenvalue weighted by molar-refractivity contribution is 7.18. The highest BCUT2D eigenvalue weighted by atomic mass is 32.1. The summed E-state index contributed by atoms with van der Waals surface area (Å²) in [4.78, 5) is 26.2.